The molecule has 6 rings (SSSR count). The molecule has 2 aromatic carbocycles. The lowest BCUT2D eigenvalue weighted by atomic mass is 9.97. The molecule has 1 N–H and O–H groups in total. The summed E-state index contributed by atoms with van der Waals surface area (Å²) < 4.78 is 81.4. The highest BCUT2D eigenvalue weighted by Gasteiger charge is 2.35. The van der Waals surface area contributed by atoms with E-state index < -0.39 is 27.8 Å². The third kappa shape index (κ3) is 6.35. The highest BCUT2D eigenvalue weighted by Crippen LogP contribution is 2.37. The van der Waals surface area contributed by atoms with Crippen LogP contribution in [-0.4, -0.2) is 46.2 Å². The van der Waals surface area contributed by atoms with Gasteiger partial charge in [0.15, 0.2) is 5.69 Å². The number of nitrogens with zero attached hydrogens (tertiary/aromatic N) is 5. The average molecular weight is 697 g/mol. The smallest absolute Gasteiger partial charge is 0.435 e. The van der Waals surface area contributed by atoms with Crippen molar-refractivity contribution in [2.75, 3.05) is 11.8 Å². The number of thiophene rings is 1. The highest BCUT2D eigenvalue weighted by atomic mass is 32.2. The van der Waals surface area contributed by atoms with Gasteiger partial charge in [-0.05, 0) is 61.4 Å². The van der Waals surface area contributed by atoms with E-state index >= 15 is 0 Å². The normalized spacial score (nSPS) is 12.0. The highest BCUT2D eigenvalue weighted by molar-refractivity contribution is 7.92. The standard InChI is InChI=1S/C32H27F3N6O5S2/c1-18-19(2)38-46-29(18)39-48(43,44)27-8-6-5-7-23(27)22-10-9-20(30-36-13-14-45-30)15-21(22)17-40(3)31(42)26-12-11-25(47-26)24-16-28(32(33,34)35)37-41(24)4/h5-16,39H,17H2,1-4H3. The van der Waals surface area contributed by atoms with Crippen LogP contribution in [0, 0.1) is 13.8 Å². The van der Waals surface area contributed by atoms with Crippen molar-refractivity contribution in [1.29, 1.82) is 0 Å². The number of oxazole rings is 1. The van der Waals surface area contributed by atoms with Gasteiger partial charge in [0.1, 0.15) is 6.26 Å². The summed E-state index contributed by atoms with van der Waals surface area (Å²) in [6.07, 6.45) is -1.69. The Bertz CT molecular complexity index is 2240. The number of halogens is 3. The maximum absolute atomic E-state index is 13.7. The van der Waals surface area contributed by atoms with E-state index in [1.54, 1.807) is 69.4 Å². The molecule has 0 saturated carbocycles. The van der Waals surface area contributed by atoms with Crippen molar-refractivity contribution in [3.63, 3.8) is 0 Å². The molecule has 6 aromatic rings. The molecule has 248 valence electrons. The molecule has 4 aromatic heterocycles. The van der Waals surface area contributed by atoms with Gasteiger partial charge in [-0.2, -0.15) is 18.3 Å². The second-order valence-corrected chi connectivity index (χ2v) is 13.6. The third-order valence-corrected chi connectivity index (χ3v) is 10.1. The average Bonchev–Trinajstić information content (AvgIpc) is 3.86. The number of carbonyl (C=O) groups is 1. The fourth-order valence-electron chi connectivity index (χ4n) is 5.04. The number of amides is 1. The van der Waals surface area contributed by atoms with Crippen LogP contribution in [0.25, 0.3) is 33.2 Å². The summed E-state index contributed by atoms with van der Waals surface area (Å²) in [4.78, 5) is 20.0. The topological polar surface area (TPSA) is 136 Å². The van der Waals surface area contributed by atoms with Gasteiger partial charge in [-0.25, -0.2) is 18.1 Å². The van der Waals surface area contributed by atoms with Crippen molar-refractivity contribution in [1.82, 2.24) is 24.8 Å². The van der Waals surface area contributed by atoms with Gasteiger partial charge in [0.2, 0.25) is 11.8 Å². The third-order valence-electron chi connectivity index (χ3n) is 7.63. The summed E-state index contributed by atoms with van der Waals surface area (Å²) in [5.41, 5.74) is 2.35. The van der Waals surface area contributed by atoms with Crippen LogP contribution in [-0.2, 0) is 29.8 Å². The maximum atomic E-state index is 13.7. The van der Waals surface area contributed by atoms with Gasteiger partial charge in [-0.3, -0.25) is 9.48 Å². The molecule has 1 amide bonds. The van der Waals surface area contributed by atoms with E-state index in [2.05, 4.69) is 20.0 Å². The summed E-state index contributed by atoms with van der Waals surface area (Å²) >= 11 is 1.04. The van der Waals surface area contributed by atoms with Gasteiger partial charge in [0.25, 0.3) is 15.9 Å². The molecule has 0 bridgehead atoms. The van der Waals surface area contributed by atoms with E-state index in [-0.39, 0.29) is 27.9 Å². The van der Waals surface area contributed by atoms with Gasteiger partial charge in [-0.1, -0.05) is 29.4 Å². The number of sulfonamides is 1. The van der Waals surface area contributed by atoms with Crippen LogP contribution in [0.2, 0.25) is 0 Å². The molecular weight excluding hydrogens is 670 g/mol. The SMILES string of the molecule is Cc1noc(NS(=O)(=O)c2ccccc2-c2ccc(-c3ncco3)cc2CN(C)C(=O)c2ccc(-c3cc(C(F)(F)F)nn3C)s2)c1C. The van der Waals surface area contributed by atoms with Gasteiger partial charge in [0.05, 0.1) is 32.2 Å². The van der Waals surface area contributed by atoms with Crippen LogP contribution in [0.1, 0.15) is 32.2 Å². The quantitative estimate of drug-likeness (QED) is 0.168. The number of aryl methyl sites for hydroxylation is 2. The zero-order valence-corrected chi connectivity index (χ0v) is 27.5. The van der Waals surface area contributed by atoms with Crippen LogP contribution in [0.15, 0.2) is 87.0 Å². The first-order valence-electron chi connectivity index (χ1n) is 14.3. The van der Waals surface area contributed by atoms with Gasteiger partial charge < -0.3 is 13.8 Å². The number of anilines is 1. The molecule has 48 heavy (non-hydrogen) atoms. The Hall–Kier alpha value is -5.22. The molecule has 0 atom stereocenters. The lowest BCUT2D eigenvalue weighted by Gasteiger charge is -2.21. The minimum absolute atomic E-state index is 0.00293. The first-order chi connectivity index (χ1) is 22.7. The fourth-order valence-corrected chi connectivity index (χ4v) is 7.36. The molecule has 0 radical (unpaired) electrons. The molecule has 0 fully saturated rings. The molecule has 0 aliphatic carbocycles. The zero-order valence-electron chi connectivity index (χ0n) is 25.9. The molecule has 11 nitrogen and oxygen atoms in total. The summed E-state index contributed by atoms with van der Waals surface area (Å²) in [5.74, 6) is -0.0633. The molecule has 16 heteroatoms. The number of aromatic nitrogens is 4. The van der Waals surface area contributed by atoms with E-state index in [0.717, 1.165) is 22.1 Å². The van der Waals surface area contributed by atoms with Crippen molar-refractivity contribution in [2.45, 2.75) is 31.5 Å². The molecule has 0 aliphatic rings. The monoisotopic (exact) mass is 696 g/mol. The second-order valence-electron chi connectivity index (χ2n) is 10.9. The molecular formula is C32H27F3N6O5S2. The summed E-state index contributed by atoms with van der Waals surface area (Å²) in [6.45, 7) is 3.42. The largest absolute Gasteiger partial charge is 0.445 e. The number of nitrogens with one attached hydrogen (secondary N) is 1. The predicted molar refractivity (Wildman–Crippen MR) is 171 cm³/mol. The van der Waals surface area contributed by atoms with Crippen LogP contribution < -0.4 is 4.72 Å². The first-order valence-corrected chi connectivity index (χ1v) is 16.6. The Morgan fingerprint density at radius 3 is 2.50 bits per heavy atom. The predicted octanol–water partition coefficient (Wildman–Crippen LogP) is 7.17. The molecule has 0 saturated heterocycles. The van der Waals surface area contributed by atoms with Crippen LogP contribution in [0.5, 0.6) is 0 Å². The molecule has 0 unspecified atom stereocenters. The van der Waals surface area contributed by atoms with Crippen molar-refractivity contribution in [3.05, 3.63) is 101 Å². The Labute approximate surface area is 276 Å². The maximum Gasteiger partial charge on any atom is 0.435 e. The van der Waals surface area contributed by atoms with E-state index in [9.17, 15) is 26.4 Å². The van der Waals surface area contributed by atoms with Crippen molar-refractivity contribution >= 4 is 33.2 Å². The lowest BCUT2D eigenvalue weighted by molar-refractivity contribution is -0.141. The minimum atomic E-state index is -4.61. The molecule has 0 aliphatic heterocycles. The van der Waals surface area contributed by atoms with Crippen molar-refractivity contribution in [2.24, 2.45) is 7.05 Å². The number of alkyl halides is 3. The van der Waals surface area contributed by atoms with E-state index in [4.69, 9.17) is 8.94 Å². The Balaban J connectivity index is 1.35. The van der Waals surface area contributed by atoms with Crippen molar-refractivity contribution < 1.29 is 35.3 Å². The summed E-state index contributed by atoms with van der Waals surface area (Å²) in [5, 5.41) is 7.39. The molecule has 0 spiro atoms. The van der Waals surface area contributed by atoms with Gasteiger partial charge in [-0.15, -0.1) is 11.3 Å². The summed E-state index contributed by atoms with van der Waals surface area (Å²) in [7, 11) is -1.18. The number of rotatable bonds is 9. The number of carbonyl (C=O) groups excluding carboxylic acids is 1. The van der Waals surface area contributed by atoms with Crippen molar-refractivity contribution in [3.8, 4) is 33.2 Å². The summed E-state index contributed by atoms with van der Waals surface area (Å²) in [6, 6.07) is 15.7. The van der Waals surface area contributed by atoms with Gasteiger partial charge in [0, 0.05) is 37.3 Å². The lowest BCUT2D eigenvalue weighted by Crippen LogP contribution is -2.25. The minimum Gasteiger partial charge on any atom is -0.445 e. The van der Waals surface area contributed by atoms with E-state index in [1.807, 2.05) is 0 Å². The van der Waals surface area contributed by atoms with Gasteiger partial charge >= 0.3 is 6.18 Å². The fraction of sp³-hybridized carbons (Fsp3) is 0.188. The number of hydrogen-bond donors (Lipinski definition) is 1. The van der Waals surface area contributed by atoms with Crippen LogP contribution in [0.3, 0.4) is 0 Å². The van der Waals surface area contributed by atoms with Crippen LogP contribution >= 0.6 is 11.3 Å². The Morgan fingerprint density at radius 1 is 1.06 bits per heavy atom. The zero-order chi connectivity index (χ0) is 34.4. The first kappa shape index (κ1) is 32.7. The van der Waals surface area contributed by atoms with E-state index in [1.165, 1.54) is 30.5 Å². The number of hydrogen-bond acceptors (Lipinski definition) is 9. The second kappa shape index (κ2) is 12.4. The van der Waals surface area contributed by atoms with Crippen LogP contribution in [0.4, 0.5) is 19.1 Å². The van der Waals surface area contributed by atoms with E-state index in [0.29, 0.717) is 44.3 Å². The molecule has 4 heterocycles. The Kier molecular flexibility index (Phi) is 8.47. The Morgan fingerprint density at radius 2 is 1.83 bits per heavy atom. The number of benzene rings is 2.